The number of rotatable bonds is 2. The van der Waals surface area contributed by atoms with E-state index in [0.717, 1.165) is 0 Å². The van der Waals surface area contributed by atoms with Crippen molar-refractivity contribution in [2.45, 2.75) is 12.5 Å². The summed E-state index contributed by atoms with van der Waals surface area (Å²) in [5, 5.41) is -0.0309. The number of hydrogen-bond acceptors (Lipinski definition) is 3. The molecule has 1 aromatic carbocycles. The quantitative estimate of drug-likeness (QED) is 0.884. The zero-order valence-corrected chi connectivity index (χ0v) is 10.00. The van der Waals surface area contributed by atoms with Crippen LogP contribution in [0.15, 0.2) is 18.2 Å². The molecule has 1 aromatic rings. The van der Waals surface area contributed by atoms with Crippen LogP contribution in [0.4, 0.5) is 14.9 Å². The predicted octanol–water partition coefficient (Wildman–Crippen LogP) is 2.15. The van der Waals surface area contributed by atoms with E-state index in [9.17, 15) is 9.18 Å². The van der Waals surface area contributed by atoms with Gasteiger partial charge in [0.25, 0.3) is 0 Å². The highest BCUT2D eigenvalue weighted by molar-refractivity contribution is 6.31. The SMILES string of the molecule is CC1(CN)CN(c2ccc(F)c(Cl)c2)C(=O)O1. The third kappa shape index (κ3) is 2.21. The fourth-order valence-electron chi connectivity index (χ4n) is 1.65. The van der Waals surface area contributed by atoms with E-state index in [0.29, 0.717) is 12.2 Å². The molecule has 17 heavy (non-hydrogen) atoms. The van der Waals surface area contributed by atoms with Gasteiger partial charge in [0, 0.05) is 12.2 Å². The maximum absolute atomic E-state index is 13.0. The Balaban J connectivity index is 2.29. The van der Waals surface area contributed by atoms with E-state index in [1.165, 1.54) is 23.1 Å². The van der Waals surface area contributed by atoms with Crippen LogP contribution in [0.3, 0.4) is 0 Å². The van der Waals surface area contributed by atoms with E-state index in [4.69, 9.17) is 22.1 Å². The largest absolute Gasteiger partial charge is 0.440 e. The minimum atomic E-state index is -0.710. The molecule has 0 radical (unpaired) electrons. The molecule has 4 nitrogen and oxygen atoms in total. The van der Waals surface area contributed by atoms with Gasteiger partial charge in [-0.25, -0.2) is 9.18 Å². The van der Waals surface area contributed by atoms with Gasteiger partial charge in [-0.05, 0) is 25.1 Å². The molecule has 1 unspecified atom stereocenters. The van der Waals surface area contributed by atoms with Gasteiger partial charge >= 0.3 is 6.09 Å². The Hall–Kier alpha value is -1.33. The monoisotopic (exact) mass is 258 g/mol. The number of cyclic esters (lactones) is 1. The summed E-state index contributed by atoms with van der Waals surface area (Å²) in [5.74, 6) is -0.524. The number of carbonyl (C=O) groups excluding carboxylic acids is 1. The van der Waals surface area contributed by atoms with Gasteiger partial charge in [0.15, 0.2) is 0 Å². The summed E-state index contributed by atoms with van der Waals surface area (Å²) in [4.78, 5) is 13.0. The highest BCUT2D eigenvalue weighted by Gasteiger charge is 2.41. The second kappa shape index (κ2) is 4.16. The number of carbonyl (C=O) groups is 1. The lowest BCUT2D eigenvalue weighted by atomic mass is 10.1. The number of benzene rings is 1. The van der Waals surface area contributed by atoms with Crippen molar-refractivity contribution in [2.24, 2.45) is 5.73 Å². The minimum Gasteiger partial charge on any atom is -0.440 e. The summed E-state index contributed by atoms with van der Waals surface area (Å²) in [6, 6.07) is 4.08. The average molecular weight is 259 g/mol. The zero-order valence-electron chi connectivity index (χ0n) is 9.24. The topological polar surface area (TPSA) is 55.6 Å². The van der Waals surface area contributed by atoms with Gasteiger partial charge in [-0.3, -0.25) is 4.90 Å². The Bertz CT molecular complexity index is 469. The first-order valence-electron chi connectivity index (χ1n) is 5.11. The molecule has 1 aliphatic rings. The van der Waals surface area contributed by atoms with Crippen molar-refractivity contribution in [1.82, 2.24) is 0 Å². The van der Waals surface area contributed by atoms with Crippen molar-refractivity contribution in [1.29, 1.82) is 0 Å². The minimum absolute atomic E-state index is 0.0309. The molecular formula is C11H12ClFN2O2. The third-order valence-corrected chi connectivity index (χ3v) is 2.98. The normalized spacial score (nSPS) is 24.0. The van der Waals surface area contributed by atoms with Gasteiger partial charge in [-0.1, -0.05) is 11.6 Å². The van der Waals surface area contributed by atoms with Gasteiger partial charge in [-0.15, -0.1) is 0 Å². The summed E-state index contributed by atoms with van der Waals surface area (Å²) in [6.07, 6.45) is -0.499. The highest BCUT2D eigenvalue weighted by Crippen LogP contribution is 2.29. The van der Waals surface area contributed by atoms with Gasteiger partial charge < -0.3 is 10.5 Å². The van der Waals surface area contributed by atoms with Gasteiger partial charge in [0.05, 0.1) is 11.6 Å². The molecule has 0 spiro atoms. The number of hydrogen-bond donors (Lipinski definition) is 1. The summed E-state index contributed by atoms with van der Waals surface area (Å²) in [6.45, 7) is 2.30. The lowest BCUT2D eigenvalue weighted by molar-refractivity contribution is 0.0789. The Kier molecular flexibility index (Phi) is 2.97. The fraction of sp³-hybridized carbons (Fsp3) is 0.364. The van der Waals surface area contributed by atoms with E-state index < -0.39 is 17.5 Å². The number of nitrogens with zero attached hydrogens (tertiary/aromatic N) is 1. The fourth-order valence-corrected chi connectivity index (χ4v) is 1.83. The third-order valence-electron chi connectivity index (χ3n) is 2.69. The molecule has 1 heterocycles. The summed E-state index contributed by atoms with van der Waals surface area (Å²) >= 11 is 5.67. The van der Waals surface area contributed by atoms with Crippen LogP contribution in [0.5, 0.6) is 0 Å². The van der Waals surface area contributed by atoms with E-state index >= 15 is 0 Å². The molecule has 1 aliphatic heterocycles. The van der Waals surface area contributed by atoms with E-state index in [1.54, 1.807) is 6.92 Å². The standard InChI is InChI=1S/C11H12ClFN2O2/c1-11(5-14)6-15(10(16)17-11)7-2-3-9(13)8(12)4-7/h2-4H,5-6,14H2,1H3. The van der Waals surface area contributed by atoms with Gasteiger partial charge in [0.1, 0.15) is 11.4 Å². The molecule has 92 valence electrons. The Morgan fingerprint density at radius 1 is 1.65 bits per heavy atom. The molecule has 2 rings (SSSR count). The molecule has 0 saturated carbocycles. The first-order chi connectivity index (χ1) is 7.95. The van der Waals surface area contributed by atoms with Crippen LogP contribution in [-0.4, -0.2) is 24.8 Å². The molecule has 1 saturated heterocycles. The van der Waals surface area contributed by atoms with Crippen LogP contribution in [0, 0.1) is 5.82 Å². The molecule has 1 fully saturated rings. The van der Waals surface area contributed by atoms with Crippen LogP contribution >= 0.6 is 11.6 Å². The lowest BCUT2D eigenvalue weighted by Crippen LogP contribution is -2.38. The number of ether oxygens (including phenoxy) is 1. The highest BCUT2D eigenvalue weighted by atomic mass is 35.5. The van der Waals surface area contributed by atoms with Crippen LogP contribution < -0.4 is 10.6 Å². The maximum Gasteiger partial charge on any atom is 0.415 e. The number of halogens is 2. The van der Waals surface area contributed by atoms with Crippen LogP contribution in [-0.2, 0) is 4.74 Å². The Morgan fingerprint density at radius 3 is 2.88 bits per heavy atom. The predicted molar refractivity (Wildman–Crippen MR) is 62.7 cm³/mol. The van der Waals surface area contributed by atoms with Gasteiger partial charge in [0.2, 0.25) is 0 Å². The van der Waals surface area contributed by atoms with E-state index in [2.05, 4.69) is 0 Å². The van der Waals surface area contributed by atoms with Crippen molar-refractivity contribution in [2.75, 3.05) is 18.0 Å². The van der Waals surface area contributed by atoms with Crippen molar-refractivity contribution in [3.05, 3.63) is 29.0 Å². The Morgan fingerprint density at radius 2 is 2.35 bits per heavy atom. The molecule has 0 bridgehead atoms. The van der Waals surface area contributed by atoms with Crippen LogP contribution in [0.25, 0.3) is 0 Å². The second-order valence-corrected chi connectivity index (χ2v) is 4.61. The molecule has 1 amide bonds. The van der Waals surface area contributed by atoms with Crippen molar-refractivity contribution >= 4 is 23.4 Å². The number of amides is 1. The van der Waals surface area contributed by atoms with E-state index in [-0.39, 0.29) is 11.6 Å². The average Bonchev–Trinajstić information content (AvgIpc) is 2.59. The molecule has 0 aromatic heterocycles. The molecule has 6 heteroatoms. The molecule has 1 atom stereocenters. The van der Waals surface area contributed by atoms with Crippen molar-refractivity contribution in [3.8, 4) is 0 Å². The van der Waals surface area contributed by atoms with Crippen molar-refractivity contribution in [3.63, 3.8) is 0 Å². The summed E-state index contributed by atoms with van der Waals surface area (Å²) in [7, 11) is 0. The first-order valence-corrected chi connectivity index (χ1v) is 5.49. The van der Waals surface area contributed by atoms with Crippen LogP contribution in [0.2, 0.25) is 5.02 Å². The molecule has 0 aliphatic carbocycles. The Labute approximate surface area is 103 Å². The smallest absolute Gasteiger partial charge is 0.415 e. The molecule has 2 N–H and O–H groups in total. The maximum atomic E-state index is 13.0. The second-order valence-electron chi connectivity index (χ2n) is 4.21. The summed E-state index contributed by atoms with van der Waals surface area (Å²) in [5.41, 5.74) is 5.32. The number of anilines is 1. The first kappa shape index (κ1) is 12.1. The zero-order chi connectivity index (χ0) is 12.6. The van der Waals surface area contributed by atoms with Crippen LogP contribution in [0.1, 0.15) is 6.92 Å². The molecular weight excluding hydrogens is 247 g/mol. The van der Waals surface area contributed by atoms with E-state index in [1.807, 2.05) is 0 Å². The number of nitrogens with two attached hydrogens (primary N) is 1. The lowest BCUT2D eigenvalue weighted by Gasteiger charge is -2.19. The van der Waals surface area contributed by atoms with Crippen molar-refractivity contribution < 1.29 is 13.9 Å². The summed E-state index contributed by atoms with van der Waals surface area (Å²) < 4.78 is 18.2. The van der Waals surface area contributed by atoms with Gasteiger partial charge in [-0.2, -0.15) is 0 Å².